The average Bonchev–Trinajstić information content (AvgIpc) is 2.95. The third kappa shape index (κ3) is 7.58. The van der Waals surface area contributed by atoms with Crippen molar-refractivity contribution in [3.8, 4) is 0 Å². The minimum absolute atomic E-state index is 0.0151. The Balaban J connectivity index is 1.46. The lowest BCUT2D eigenvalue weighted by Gasteiger charge is -2.36. The number of carbonyl (C=O) groups excluding carboxylic acids is 1. The zero-order chi connectivity index (χ0) is 26.9. The third-order valence-electron chi connectivity index (χ3n) is 6.19. The highest BCUT2D eigenvalue weighted by atomic mass is 32.2. The van der Waals surface area contributed by atoms with Crippen LogP contribution < -0.4 is 10.6 Å². The van der Waals surface area contributed by atoms with Gasteiger partial charge in [-0.1, -0.05) is 48.5 Å². The predicted molar refractivity (Wildman–Crippen MR) is 145 cm³/mol. The van der Waals surface area contributed by atoms with Crippen molar-refractivity contribution in [2.75, 3.05) is 12.3 Å². The van der Waals surface area contributed by atoms with Gasteiger partial charge in [-0.25, -0.2) is 9.59 Å². The fourth-order valence-electron chi connectivity index (χ4n) is 4.10. The van der Waals surface area contributed by atoms with Crippen LogP contribution in [0.4, 0.5) is 4.79 Å². The number of benzene rings is 3. The van der Waals surface area contributed by atoms with Gasteiger partial charge in [0.15, 0.2) is 6.29 Å². The first-order valence-corrected chi connectivity index (χ1v) is 13.5. The van der Waals surface area contributed by atoms with Crippen LogP contribution in [0.5, 0.6) is 0 Å². The molecule has 1 saturated heterocycles. The van der Waals surface area contributed by atoms with Gasteiger partial charge in [-0.3, -0.25) is 0 Å². The smallest absolute Gasteiger partial charge is 0.335 e. The van der Waals surface area contributed by atoms with E-state index in [2.05, 4.69) is 10.6 Å². The highest BCUT2D eigenvalue weighted by molar-refractivity contribution is 7.99. The molecule has 38 heavy (non-hydrogen) atoms. The van der Waals surface area contributed by atoms with Gasteiger partial charge in [-0.05, 0) is 47.9 Å². The molecule has 1 aliphatic heterocycles. The van der Waals surface area contributed by atoms with E-state index in [-0.39, 0.29) is 30.4 Å². The van der Waals surface area contributed by atoms with Gasteiger partial charge in [0.2, 0.25) is 0 Å². The summed E-state index contributed by atoms with van der Waals surface area (Å²) in [5, 5.41) is 24.1. The second-order valence-electron chi connectivity index (χ2n) is 8.95. The monoisotopic (exact) mass is 536 g/mol. The zero-order valence-electron chi connectivity index (χ0n) is 21.1. The first-order chi connectivity index (χ1) is 18.4. The molecule has 1 fully saturated rings. The van der Waals surface area contributed by atoms with Gasteiger partial charge in [0, 0.05) is 35.7 Å². The number of carboxylic acid groups (broad SMARTS) is 1. The van der Waals surface area contributed by atoms with Gasteiger partial charge < -0.3 is 30.3 Å². The lowest BCUT2D eigenvalue weighted by Crippen LogP contribution is -2.34. The number of hydrogen-bond acceptors (Lipinski definition) is 6. The van der Waals surface area contributed by atoms with E-state index in [0.717, 1.165) is 27.1 Å². The number of aliphatic hydroxyl groups is 1. The van der Waals surface area contributed by atoms with Gasteiger partial charge in [0.25, 0.3) is 0 Å². The summed E-state index contributed by atoms with van der Waals surface area (Å²) in [6.07, 6.45) is -0.222. The van der Waals surface area contributed by atoms with Crippen molar-refractivity contribution in [3.63, 3.8) is 0 Å². The summed E-state index contributed by atoms with van der Waals surface area (Å²) in [5.74, 6) is -0.273. The quantitative estimate of drug-likeness (QED) is 0.268. The van der Waals surface area contributed by atoms with Crippen LogP contribution in [0.25, 0.3) is 0 Å². The van der Waals surface area contributed by atoms with Gasteiger partial charge in [0.1, 0.15) is 0 Å². The first kappa shape index (κ1) is 27.7. The number of aliphatic hydroxyl groups excluding tert-OH is 1. The number of aromatic carboxylic acids is 1. The fraction of sp³-hybridized carbons (Fsp3) is 0.310. The lowest BCUT2D eigenvalue weighted by molar-refractivity contribution is -0.245. The molecule has 200 valence electrons. The molecule has 8 nitrogen and oxygen atoms in total. The van der Waals surface area contributed by atoms with Crippen LogP contribution in [-0.2, 0) is 22.6 Å². The average molecular weight is 537 g/mol. The van der Waals surface area contributed by atoms with E-state index < -0.39 is 12.3 Å². The molecule has 9 heteroatoms. The molecule has 0 bridgehead atoms. The van der Waals surface area contributed by atoms with E-state index in [1.807, 2.05) is 67.6 Å². The van der Waals surface area contributed by atoms with E-state index in [4.69, 9.17) is 14.6 Å². The second kappa shape index (κ2) is 13.4. The fourth-order valence-corrected chi connectivity index (χ4v) is 5.03. The van der Waals surface area contributed by atoms with Crippen LogP contribution in [0.1, 0.15) is 58.4 Å². The number of carbonyl (C=O) groups is 2. The molecule has 0 aliphatic carbocycles. The van der Waals surface area contributed by atoms with E-state index in [1.165, 1.54) is 0 Å². The number of hydrogen-bond donors (Lipinski definition) is 4. The molecule has 3 aromatic rings. The van der Waals surface area contributed by atoms with Gasteiger partial charge >= 0.3 is 12.0 Å². The van der Waals surface area contributed by atoms with Gasteiger partial charge in [-0.15, -0.1) is 11.8 Å². The SMILES string of the molecule is CCNC(=O)NCc1ccc([C@H]2O[C@@H](CSc3ccc(C(=O)O)cc3)C[C@@H](c3ccc(CO)cc3)O2)cc1. The van der Waals surface area contributed by atoms with Crippen molar-refractivity contribution >= 4 is 23.8 Å². The minimum atomic E-state index is -0.946. The highest BCUT2D eigenvalue weighted by Crippen LogP contribution is 2.39. The van der Waals surface area contributed by atoms with Gasteiger partial charge in [0.05, 0.1) is 24.4 Å². The standard InChI is InChI=1S/C29H32N2O6S/c1-2-30-29(35)31-16-19-3-9-23(10-4-19)28-36-24(18-38-25-13-11-22(12-14-25)27(33)34)15-26(37-28)21-7-5-20(17-32)6-8-21/h3-14,24,26,28,32H,2,15-18H2,1H3,(H,33,34)(H2,30,31,35)/t24-,26+,28+/m1/s1. The van der Waals surface area contributed by atoms with E-state index in [0.29, 0.717) is 25.3 Å². The molecule has 4 N–H and O–H groups in total. The largest absolute Gasteiger partial charge is 0.478 e. The Hall–Kier alpha value is -3.37. The Bertz CT molecular complexity index is 1200. The molecule has 4 rings (SSSR count). The van der Waals surface area contributed by atoms with Crippen molar-refractivity contribution in [1.82, 2.24) is 10.6 Å². The molecule has 3 atom stereocenters. The van der Waals surface area contributed by atoms with Crippen molar-refractivity contribution in [1.29, 1.82) is 0 Å². The summed E-state index contributed by atoms with van der Waals surface area (Å²) in [5.41, 5.74) is 3.95. The lowest BCUT2D eigenvalue weighted by atomic mass is 10.0. The van der Waals surface area contributed by atoms with E-state index >= 15 is 0 Å². The number of ether oxygens (including phenoxy) is 2. The van der Waals surface area contributed by atoms with Gasteiger partial charge in [-0.2, -0.15) is 0 Å². The number of amides is 2. The van der Waals surface area contributed by atoms with Crippen LogP contribution in [0, 0.1) is 0 Å². The number of rotatable bonds is 10. The molecule has 0 radical (unpaired) electrons. The summed E-state index contributed by atoms with van der Waals surface area (Å²) in [6.45, 7) is 2.84. The van der Waals surface area contributed by atoms with Crippen LogP contribution in [0.15, 0.2) is 77.7 Å². The second-order valence-corrected chi connectivity index (χ2v) is 10.0. The van der Waals surface area contributed by atoms with Crippen LogP contribution in [-0.4, -0.2) is 40.6 Å². The molecule has 0 spiro atoms. The molecular weight excluding hydrogens is 504 g/mol. The number of carboxylic acids is 1. The number of thioether (sulfide) groups is 1. The van der Waals surface area contributed by atoms with Crippen molar-refractivity contribution in [2.24, 2.45) is 0 Å². The molecular formula is C29H32N2O6S. The molecule has 0 aromatic heterocycles. The van der Waals surface area contributed by atoms with Crippen LogP contribution >= 0.6 is 11.8 Å². The molecule has 3 aromatic carbocycles. The number of urea groups is 1. The maximum Gasteiger partial charge on any atom is 0.335 e. The normalized spacial score (nSPS) is 19.1. The highest BCUT2D eigenvalue weighted by Gasteiger charge is 2.32. The van der Waals surface area contributed by atoms with Crippen LogP contribution in [0.3, 0.4) is 0 Å². The summed E-state index contributed by atoms with van der Waals surface area (Å²) >= 11 is 1.61. The zero-order valence-corrected chi connectivity index (χ0v) is 21.9. The predicted octanol–water partition coefficient (Wildman–Crippen LogP) is 5.03. The number of nitrogens with one attached hydrogen (secondary N) is 2. The molecule has 0 saturated carbocycles. The Morgan fingerprint density at radius 3 is 2.18 bits per heavy atom. The first-order valence-electron chi connectivity index (χ1n) is 12.5. The Kier molecular flexibility index (Phi) is 9.78. The summed E-state index contributed by atoms with van der Waals surface area (Å²) < 4.78 is 12.8. The maximum atomic E-state index is 11.7. The summed E-state index contributed by atoms with van der Waals surface area (Å²) in [4.78, 5) is 23.8. The van der Waals surface area contributed by atoms with Crippen molar-refractivity contribution < 1.29 is 29.3 Å². The summed E-state index contributed by atoms with van der Waals surface area (Å²) in [7, 11) is 0. The molecule has 2 amide bonds. The third-order valence-corrected chi connectivity index (χ3v) is 7.34. The Morgan fingerprint density at radius 1 is 0.895 bits per heavy atom. The topological polar surface area (TPSA) is 117 Å². The van der Waals surface area contributed by atoms with E-state index in [1.54, 1.807) is 23.9 Å². The van der Waals surface area contributed by atoms with Crippen LogP contribution in [0.2, 0.25) is 0 Å². The van der Waals surface area contributed by atoms with Crippen molar-refractivity contribution in [2.45, 2.75) is 49.9 Å². The Labute approximate surface area is 226 Å². The minimum Gasteiger partial charge on any atom is -0.478 e. The molecule has 1 heterocycles. The maximum absolute atomic E-state index is 11.7. The summed E-state index contributed by atoms with van der Waals surface area (Å²) in [6, 6.07) is 22.2. The molecule has 0 unspecified atom stereocenters. The molecule has 1 aliphatic rings. The van der Waals surface area contributed by atoms with Crippen molar-refractivity contribution in [3.05, 3.63) is 101 Å². The Morgan fingerprint density at radius 2 is 1.55 bits per heavy atom. The van der Waals surface area contributed by atoms with E-state index in [9.17, 15) is 14.7 Å².